The van der Waals surface area contributed by atoms with Crippen LogP contribution in [0.1, 0.15) is 20.3 Å². The molecule has 1 heterocycles. The molecule has 1 rings (SSSR count). The molecule has 0 radical (unpaired) electrons. The predicted octanol–water partition coefficient (Wildman–Crippen LogP) is 1.57. The van der Waals surface area contributed by atoms with Gasteiger partial charge in [-0.3, -0.25) is 10.3 Å². The van der Waals surface area contributed by atoms with Crippen molar-refractivity contribution in [2.75, 3.05) is 6.61 Å². The molecule has 3 heteroatoms. The molecule has 0 aliphatic carbocycles. The molecule has 0 saturated heterocycles. The van der Waals surface area contributed by atoms with Crippen LogP contribution in [0.3, 0.4) is 0 Å². The lowest BCUT2D eigenvalue weighted by Gasteiger charge is -2.22. The van der Waals surface area contributed by atoms with E-state index in [1.54, 1.807) is 5.17 Å². The van der Waals surface area contributed by atoms with E-state index in [2.05, 4.69) is 12.3 Å². The van der Waals surface area contributed by atoms with Gasteiger partial charge in [-0.15, -0.1) is 0 Å². The second-order valence-electron chi connectivity index (χ2n) is 2.49. The Balaban J connectivity index is 2.31. The summed E-state index contributed by atoms with van der Waals surface area (Å²) < 4.78 is 0. The monoisotopic (exact) mass is 154 g/mol. The SMILES string of the molecule is CCCON1C=C(C)C=CN1. The zero-order valence-electron chi connectivity index (χ0n) is 7.00. The lowest BCUT2D eigenvalue weighted by molar-refractivity contribution is -0.148. The van der Waals surface area contributed by atoms with Crippen LogP contribution >= 0.6 is 0 Å². The van der Waals surface area contributed by atoms with E-state index in [1.807, 2.05) is 25.4 Å². The van der Waals surface area contributed by atoms with Gasteiger partial charge in [-0.1, -0.05) is 6.92 Å². The van der Waals surface area contributed by atoms with Crippen molar-refractivity contribution in [1.82, 2.24) is 10.6 Å². The van der Waals surface area contributed by atoms with Crippen LogP contribution in [0.5, 0.6) is 0 Å². The van der Waals surface area contributed by atoms with Crippen molar-refractivity contribution in [2.24, 2.45) is 0 Å². The molecule has 11 heavy (non-hydrogen) atoms. The number of rotatable bonds is 3. The molecule has 0 spiro atoms. The first-order valence-corrected chi connectivity index (χ1v) is 3.86. The lowest BCUT2D eigenvalue weighted by atomic mass is 10.3. The topological polar surface area (TPSA) is 24.5 Å². The Morgan fingerprint density at radius 3 is 3.09 bits per heavy atom. The van der Waals surface area contributed by atoms with Gasteiger partial charge in [-0.2, -0.15) is 5.17 Å². The van der Waals surface area contributed by atoms with Crippen LogP contribution in [-0.4, -0.2) is 11.8 Å². The molecular formula is C8H14N2O. The Morgan fingerprint density at radius 2 is 2.45 bits per heavy atom. The van der Waals surface area contributed by atoms with E-state index in [4.69, 9.17) is 4.84 Å². The molecule has 0 amide bonds. The first-order valence-electron chi connectivity index (χ1n) is 3.86. The molecule has 0 atom stereocenters. The van der Waals surface area contributed by atoms with Crippen LogP contribution in [0.15, 0.2) is 24.0 Å². The summed E-state index contributed by atoms with van der Waals surface area (Å²) in [7, 11) is 0. The van der Waals surface area contributed by atoms with Gasteiger partial charge in [0, 0.05) is 6.20 Å². The molecule has 0 fully saturated rings. The molecule has 0 aromatic rings. The van der Waals surface area contributed by atoms with E-state index in [0.717, 1.165) is 13.0 Å². The second kappa shape index (κ2) is 4.03. The number of nitrogens with zero attached hydrogens (tertiary/aromatic N) is 1. The van der Waals surface area contributed by atoms with Crippen LogP contribution in [0.4, 0.5) is 0 Å². The lowest BCUT2D eigenvalue weighted by Crippen LogP contribution is -2.31. The fourth-order valence-corrected chi connectivity index (χ4v) is 0.772. The average molecular weight is 154 g/mol. The number of hydrogen-bond acceptors (Lipinski definition) is 3. The van der Waals surface area contributed by atoms with Gasteiger partial charge in [-0.05, 0) is 25.0 Å². The molecule has 0 aromatic heterocycles. The number of hydrogen-bond donors (Lipinski definition) is 1. The summed E-state index contributed by atoms with van der Waals surface area (Å²) in [5.74, 6) is 0. The van der Waals surface area contributed by atoms with Crippen LogP contribution < -0.4 is 5.43 Å². The summed E-state index contributed by atoms with van der Waals surface area (Å²) >= 11 is 0. The fourth-order valence-electron chi connectivity index (χ4n) is 0.772. The highest BCUT2D eigenvalue weighted by Gasteiger charge is 1.99. The van der Waals surface area contributed by atoms with Gasteiger partial charge < -0.3 is 0 Å². The fraction of sp³-hybridized carbons (Fsp3) is 0.500. The summed E-state index contributed by atoms with van der Waals surface area (Å²) in [4.78, 5) is 5.30. The van der Waals surface area contributed by atoms with Crippen molar-refractivity contribution in [3.05, 3.63) is 24.0 Å². The zero-order valence-corrected chi connectivity index (χ0v) is 7.00. The van der Waals surface area contributed by atoms with Crippen molar-refractivity contribution in [1.29, 1.82) is 0 Å². The highest BCUT2D eigenvalue weighted by atomic mass is 16.7. The predicted molar refractivity (Wildman–Crippen MR) is 44.1 cm³/mol. The smallest absolute Gasteiger partial charge is 0.0768 e. The van der Waals surface area contributed by atoms with Gasteiger partial charge in [0.25, 0.3) is 0 Å². The number of allylic oxidation sites excluding steroid dienone is 2. The molecule has 1 aliphatic rings. The highest BCUT2D eigenvalue weighted by molar-refractivity contribution is 5.16. The van der Waals surface area contributed by atoms with Crippen LogP contribution in [-0.2, 0) is 4.84 Å². The first kappa shape index (κ1) is 8.14. The molecule has 0 unspecified atom stereocenters. The van der Waals surface area contributed by atoms with E-state index < -0.39 is 0 Å². The summed E-state index contributed by atoms with van der Waals surface area (Å²) in [5.41, 5.74) is 4.12. The quantitative estimate of drug-likeness (QED) is 0.667. The van der Waals surface area contributed by atoms with Gasteiger partial charge in [0.15, 0.2) is 0 Å². The third kappa shape index (κ3) is 2.63. The van der Waals surface area contributed by atoms with E-state index in [-0.39, 0.29) is 0 Å². The summed E-state index contributed by atoms with van der Waals surface area (Å²) in [5, 5.41) is 1.62. The second-order valence-corrected chi connectivity index (χ2v) is 2.49. The van der Waals surface area contributed by atoms with Crippen LogP contribution in [0.2, 0.25) is 0 Å². The van der Waals surface area contributed by atoms with E-state index >= 15 is 0 Å². The highest BCUT2D eigenvalue weighted by Crippen LogP contribution is 2.02. The minimum Gasteiger partial charge on any atom is -0.282 e. The molecule has 0 aromatic carbocycles. The van der Waals surface area contributed by atoms with Crippen LogP contribution in [0, 0.1) is 0 Å². The summed E-state index contributed by atoms with van der Waals surface area (Å²) in [6.45, 7) is 4.85. The van der Waals surface area contributed by atoms with Crippen molar-refractivity contribution in [3.63, 3.8) is 0 Å². The Labute approximate surface area is 67.3 Å². The Morgan fingerprint density at radius 1 is 1.64 bits per heavy atom. The molecule has 62 valence electrons. The van der Waals surface area contributed by atoms with Crippen LogP contribution in [0.25, 0.3) is 0 Å². The minimum absolute atomic E-state index is 0.741. The summed E-state index contributed by atoms with van der Waals surface area (Å²) in [6, 6.07) is 0. The third-order valence-corrected chi connectivity index (χ3v) is 1.30. The van der Waals surface area contributed by atoms with E-state index in [9.17, 15) is 0 Å². The maximum atomic E-state index is 5.30. The number of hydrazine groups is 1. The molecule has 1 N–H and O–H groups in total. The number of hydroxylamine groups is 1. The Kier molecular flexibility index (Phi) is 2.98. The number of nitrogens with one attached hydrogen (secondary N) is 1. The first-order chi connectivity index (χ1) is 5.33. The van der Waals surface area contributed by atoms with E-state index in [0.29, 0.717) is 0 Å². The third-order valence-electron chi connectivity index (χ3n) is 1.30. The molecule has 0 bridgehead atoms. The van der Waals surface area contributed by atoms with Gasteiger partial charge >= 0.3 is 0 Å². The van der Waals surface area contributed by atoms with Crippen molar-refractivity contribution < 1.29 is 4.84 Å². The van der Waals surface area contributed by atoms with Gasteiger partial charge in [0.05, 0.1) is 12.8 Å². The molecule has 0 saturated carbocycles. The zero-order chi connectivity index (χ0) is 8.10. The molecular weight excluding hydrogens is 140 g/mol. The average Bonchev–Trinajstić information content (AvgIpc) is 2.01. The standard InChI is InChI=1S/C8H14N2O/c1-3-6-11-10-7-8(2)4-5-9-10/h4-5,7,9H,3,6H2,1-2H3. The maximum absolute atomic E-state index is 5.30. The van der Waals surface area contributed by atoms with Gasteiger partial charge in [0.1, 0.15) is 0 Å². The van der Waals surface area contributed by atoms with Crippen molar-refractivity contribution in [2.45, 2.75) is 20.3 Å². The summed E-state index contributed by atoms with van der Waals surface area (Å²) in [6.07, 6.45) is 6.78. The molecule has 3 nitrogen and oxygen atoms in total. The van der Waals surface area contributed by atoms with Crippen molar-refractivity contribution >= 4 is 0 Å². The van der Waals surface area contributed by atoms with Gasteiger partial charge in [0.2, 0.25) is 0 Å². The minimum atomic E-state index is 0.741. The van der Waals surface area contributed by atoms with E-state index in [1.165, 1.54) is 5.57 Å². The molecule has 1 aliphatic heterocycles. The Bertz CT molecular complexity index is 175. The maximum Gasteiger partial charge on any atom is 0.0768 e. The van der Waals surface area contributed by atoms with Gasteiger partial charge in [-0.25, -0.2) is 0 Å². The largest absolute Gasteiger partial charge is 0.282 e. The Hall–Kier alpha value is -0.960. The van der Waals surface area contributed by atoms with Crippen molar-refractivity contribution in [3.8, 4) is 0 Å². The normalized spacial score (nSPS) is 16.2.